The average Bonchev–Trinajstić information content (AvgIpc) is 2.48. The van der Waals surface area contributed by atoms with Gasteiger partial charge in [-0.1, -0.05) is 19.3 Å². The van der Waals surface area contributed by atoms with E-state index in [2.05, 4.69) is 15.3 Å². The highest BCUT2D eigenvalue weighted by atomic mass is 16.5. The van der Waals surface area contributed by atoms with Crippen molar-refractivity contribution in [2.24, 2.45) is 0 Å². The third-order valence-corrected chi connectivity index (χ3v) is 4.78. The summed E-state index contributed by atoms with van der Waals surface area (Å²) in [6.07, 6.45) is 8.52. The molecule has 1 spiro atoms. The molecule has 1 N–H and O–H groups in total. The molecular formula is C17H27N3O2. The maximum atomic E-state index is 6.17. The van der Waals surface area contributed by atoms with Crippen molar-refractivity contribution in [3.63, 3.8) is 0 Å². The molecule has 1 atom stereocenters. The molecule has 1 aliphatic heterocycles. The fraction of sp³-hybridized carbons (Fsp3) is 0.765. The Morgan fingerprint density at radius 3 is 2.91 bits per heavy atom. The van der Waals surface area contributed by atoms with Crippen LogP contribution in [0.3, 0.4) is 0 Å². The van der Waals surface area contributed by atoms with Gasteiger partial charge in [0, 0.05) is 31.5 Å². The summed E-state index contributed by atoms with van der Waals surface area (Å²) >= 11 is 0. The van der Waals surface area contributed by atoms with E-state index in [1.54, 1.807) is 7.11 Å². The van der Waals surface area contributed by atoms with E-state index in [4.69, 9.17) is 9.47 Å². The topological polar surface area (TPSA) is 56.3 Å². The summed E-state index contributed by atoms with van der Waals surface area (Å²) in [7, 11) is 1.67. The number of aromatic nitrogens is 2. The lowest BCUT2D eigenvalue weighted by atomic mass is 9.78. The number of nitrogens with zero attached hydrogens (tertiary/aromatic N) is 2. The summed E-state index contributed by atoms with van der Waals surface area (Å²) in [5, 5.41) is 3.61. The van der Waals surface area contributed by atoms with Crippen LogP contribution in [0.4, 0.5) is 5.82 Å². The zero-order chi connectivity index (χ0) is 15.4. The second-order valence-corrected chi connectivity index (χ2v) is 6.67. The molecule has 0 bridgehead atoms. The average molecular weight is 305 g/mol. The van der Waals surface area contributed by atoms with E-state index < -0.39 is 0 Å². The van der Waals surface area contributed by atoms with E-state index in [9.17, 15) is 0 Å². The van der Waals surface area contributed by atoms with Gasteiger partial charge in [-0.25, -0.2) is 9.97 Å². The Morgan fingerprint density at radius 1 is 1.32 bits per heavy atom. The summed E-state index contributed by atoms with van der Waals surface area (Å²) in [5.74, 6) is 1.65. The van der Waals surface area contributed by atoms with Crippen LogP contribution < -0.4 is 5.32 Å². The second kappa shape index (κ2) is 6.92. The fourth-order valence-electron chi connectivity index (χ4n) is 3.80. The van der Waals surface area contributed by atoms with Crippen LogP contribution in [0.5, 0.6) is 0 Å². The zero-order valence-electron chi connectivity index (χ0n) is 13.7. The molecule has 0 amide bonds. The van der Waals surface area contributed by atoms with Gasteiger partial charge >= 0.3 is 0 Å². The molecule has 1 saturated carbocycles. The molecule has 1 unspecified atom stereocenters. The molecule has 1 saturated heterocycles. The number of methoxy groups -OCH3 is 1. The van der Waals surface area contributed by atoms with E-state index in [-0.39, 0.29) is 5.60 Å². The molecule has 1 aromatic rings. The first-order valence-electron chi connectivity index (χ1n) is 8.43. The van der Waals surface area contributed by atoms with Gasteiger partial charge < -0.3 is 14.8 Å². The van der Waals surface area contributed by atoms with Crippen LogP contribution in [-0.2, 0) is 16.1 Å². The van der Waals surface area contributed by atoms with E-state index in [1.807, 2.05) is 13.0 Å². The molecule has 0 radical (unpaired) electrons. The van der Waals surface area contributed by atoms with Crippen LogP contribution in [0.2, 0.25) is 0 Å². The Labute approximate surface area is 132 Å². The zero-order valence-corrected chi connectivity index (χ0v) is 13.7. The highest BCUT2D eigenvalue weighted by Gasteiger charge is 2.38. The van der Waals surface area contributed by atoms with Crippen molar-refractivity contribution < 1.29 is 9.47 Å². The predicted molar refractivity (Wildman–Crippen MR) is 85.9 cm³/mol. The minimum Gasteiger partial charge on any atom is -0.377 e. The number of rotatable bonds is 4. The molecule has 2 aliphatic rings. The maximum absolute atomic E-state index is 6.17. The first-order chi connectivity index (χ1) is 10.7. The van der Waals surface area contributed by atoms with Crippen molar-refractivity contribution in [3.8, 4) is 0 Å². The van der Waals surface area contributed by atoms with Crippen LogP contribution in [0, 0.1) is 6.92 Å². The summed E-state index contributed by atoms with van der Waals surface area (Å²) < 4.78 is 11.3. The van der Waals surface area contributed by atoms with Gasteiger partial charge in [0.15, 0.2) is 5.82 Å². The number of hydrogen-bond acceptors (Lipinski definition) is 5. The molecule has 1 aromatic heterocycles. The molecule has 5 heteroatoms. The van der Waals surface area contributed by atoms with E-state index in [0.29, 0.717) is 12.6 Å². The van der Waals surface area contributed by atoms with Crippen molar-refractivity contribution in [1.29, 1.82) is 0 Å². The monoisotopic (exact) mass is 305 g/mol. The summed E-state index contributed by atoms with van der Waals surface area (Å²) in [6, 6.07) is 2.46. The highest BCUT2D eigenvalue weighted by molar-refractivity contribution is 5.37. The maximum Gasteiger partial charge on any atom is 0.156 e. The Morgan fingerprint density at radius 2 is 2.14 bits per heavy atom. The Hall–Kier alpha value is -1.20. The summed E-state index contributed by atoms with van der Waals surface area (Å²) in [4.78, 5) is 8.96. The van der Waals surface area contributed by atoms with Crippen molar-refractivity contribution in [3.05, 3.63) is 17.6 Å². The molecule has 2 fully saturated rings. The first-order valence-corrected chi connectivity index (χ1v) is 8.43. The Kier molecular flexibility index (Phi) is 4.93. The minimum atomic E-state index is 0.117. The Bertz CT molecular complexity index is 495. The molecule has 0 aromatic carbocycles. The van der Waals surface area contributed by atoms with Gasteiger partial charge in [0.2, 0.25) is 0 Å². The van der Waals surface area contributed by atoms with Crippen LogP contribution in [-0.4, -0.2) is 35.3 Å². The fourth-order valence-corrected chi connectivity index (χ4v) is 3.80. The van der Waals surface area contributed by atoms with E-state index >= 15 is 0 Å². The van der Waals surface area contributed by atoms with Crippen LogP contribution >= 0.6 is 0 Å². The lowest BCUT2D eigenvalue weighted by Gasteiger charge is -2.43. The highest BCUT2D eigenvalue weighted by Crippen LogP contribution is 2.39. The van der Waals surface area contributed by atoms with Gasteiger partial charge in [0.05, 0.1) is 5.60 Å². The van der Waals surface area contributed by atoms with Gasteiger partial charge in [-0.3, -0.25) is 0 Å². The smallest absolute Gasteiger partial charge is 0.156 e. The van der Waals surface area contributed by atoms with Crippen molar-refractivity contribution in [2.45, 2.75) is 70.1 Å². The molecule has 22 heavy (non-hydrogen) atoms. The molecule has 3 rings (SSSR count). The quantitative estimate of drug-likeness (QED) is 0.925. The van der Waals surface area contributed by atoms with Gasteiger partial charge in [-0.05, 0) is 32.6 Å². The molecule has 1 aliphatic carbocycles. The number of hydrogen-bond donors (Lipinski definition) is 1. The lowest BCUT2D eigenvalue weighted by molar-refractivity contribution is -0.103. The number of ether oxygens (including phenoxy) is 2. The van der Waals surface area contributed by atoms with E-state index in [0.717, 1.165) is 36.8 Å². The van der Waals surface area contributed by atoms with Crippen molar-refractivity contribution in [1.82, 2.24) is 9.97 Å². The van der Waals surface area contributed by atoms with Crippen LogP contribution in [0.15, 0.2) is 6.07 Å². The molecular weight excluding hydrogens is 278 g/mol. The van der Waals surface area contributed by atoms with E-state index in [1.165, 1.54) is 32.1 Å². The second-order valence-electron chi connectivity index (χ2n) is 6.67. The number of aryl methyl sites for hydroxylation is 1. The molecule has 5 nitrogen and oxygen atoms in total. The third-order valence-electron chi connectivity index (χ3n) is 4.78. The lowest BCUT2D eigenvalue weighted by Crippen LogP contribution is -2.45. The summed E-state index contributed by atoms with van der Waals surface area (Å²) in [5.41, 5.74) is 1.09. The number of anilines is 1. The van der Waals surface area contributed by atoms with Gasteiger partial charge in [0.25, 0.3) is 0 Å². The molecule has 122 valence electrons. The molecule has 2 heterocycles. The SMILES string of the molecule is COCc1nc(C)cc(NC2CCOC3(CCCCC3)C2)n1. The predicted octanol–water partition coefficient (Wildman–Crippen LogP) is 3.23. The largest absolute Gasteiger partial charge is 0.377 e. The van der Waals surface area contributed by atoms with Crippen molar-refractivity contribution in [2.75, 3.05) is 19.0 Å². The number of nitrogens with one attached hydrogen (secondary N) is 1. The standard InChI is InChI=1S/C17H27N3O2/c1-13-10-15(20-16(18-13)12-21-2)19-14-6-9-22-17(11-14)7-4-3-5-8-17/h10,14H,3-9,11-12H2,1-2H3,(H,18,19,20). The first kappa shape index (κ1) is 15.7. The van der Waals surface area contributed by atoms with Gasteiger partial charge in [-0.2, -0.15) is 0 Å². The van der Waals surface area contributed by atoms with Gasteiger partial charge in [-0.15, -0.1) is 0 Å². The van der Waals surface area contributed by atoms with Crippen LogP contribution in [0.1, 0.15) is 56.5 Å². The third kappa shape index (κ3) is 3.76. The van der Waals surface area contributed by atoms with Crippen LogP contribution in [0.25, 0.3) is 0 Å². The minimum absolute atomic E-state index is 0.117. The Balaban J connectivity index is 1.67. The van der Waals surface area contributed by atoms with Gasteiger partial charge in [0.1, 0.15) is 12.4 Å². The van der Waals surface area contributed by atoms with Crippen molar-refractivity contribution >= 4 is 5.82 Å². The normalized spacial score (nSPS) is 24.4. The summed E-state index contributed by atoms with van der Waals surface area (Å²) in [6.45, 7) is 3.30.